The molecular weight excluding hydrogens is 368 g/mol. The summed E-state index contributed by atoms with van der Waals surface area (Å²) in [6.45, 7) is 0. The Morgan fingerprint density at radius 1 is 0.889 bits per heavy atom. The van der Waals surface area contributed by atoms with Gasteiger partial charge in [0.05, 0.1) is 26.4 Å². The van der Waals surface area contributed by atoms with Crippen LogP contribution < -0.4 is 24.8 Å². The highest BCUT2D eigenvalue weighted by atomic mass is 35.5. The summed E-state index contributed by atoms with van der Waals surface area (Å²) in [4.78, 5) is 8.69. The average molecular weight is 387 g/mol. The topological polar surface area (TPSA) is 77.5 Å². The SMILES string of the molecule is COc1cccc(Nc2ccnc(Nc3cc(Cl)c(OC)c(OC)c3)n2)c1. The Labute approximate surface area is 162 Å². The number of nitrogens with one attached hydrogen (secondary N) is 2. The van der Waals surface area contributed by atoms with E-state index in [2.05, 4.69) is 20.6 Å². The van der Waals surface area contributed by atoms with Gasteiger partial charge < -0.3 is 24.8 Å². The fourth-order valence-electron chi connectivity index (χ4n) is 2.46. The van der Waals surface area contributed by atoms with Crippen LogP contribution in [0.2, 0.25) is 5.02 Å². The number of nitrogens with zero attached hydrogens (tertiary/aromatic N) is 2. The van der Waals surface area contributed by atoms with Crippen molar-refractivity contribution in [2.24, 2.45) is 0 Å². The normalized spacial score (nSPS) is 10.2. The van der Waals surface area contributed by atoms with Crippen molar-refractivity contribution in [3.8, 4) is 17.2 Å². The molecule has 0 unspecified atom stereocenters. The molecule has 0 aliphatic carbocycles. The third-order valence-electron chi connectivity index (χ3n) is 3.69. The van der Waals surface area contributed by atoms with Crippen molar-refractivity contribution in [2.75, 3.05) is 32.0 Å². The Morgan fingerprint density at radius 2 is 1.74 bits per heavy atom. The van der Waals surface area contributed by atoms with Crippen LogP contribution in [0.15, 0.2) is 48.7 Å². The lowest BCUT2D eigenvalue weighted by Gasteiger charge is -2.13. The van der Waals surface area contributed by atoms with Gasteiger partial charge in [0.15, 0.2) is 11.5 Å². The predicted octanol–water partition coefficient (Wildman–Crippen LogP) is 4.64. The summed E-state index contributed by atoms with van der Waals surface area (Å²) in [5.74, 6) is 2.78. The number of hydrogen-bond acceptors (Lipinski definition) is 7. The van der Waals surface area contributed by atoms with Crippen molar-refractivity contribution in [1.29, 1.82) is 0 Å². The molecule has 0 aliphatic rings. The van der Waals surface area contributed by atoms with Crippen molar-refractivity contribution < 1.29 is 14.2 Å². The van der Waals surface area contributed by atoms with E-state index in [1.54, 1.807) is 38.6 Å². The number of anilines is 4. The number of aromatic nitrogens is 2. The van der Waals surface area contributed by atoms with Gasteiger partial charge in [0.25, 0.3) is 0 Å². The quantitative estimate of drug-likeness (QED) is 0.612. The summed E-state index contributed by atoms with van der Waals surface area (Å²) in [6, 6.07) is 12.8. The van der Waals surface area contributed by atoms with Crippen molar-refractivity contribution in [2.45, 2.75) is 0 Å². The van der Waals surface area contributed by atoms with Crippen molar-refractivity contribution in [3.05, 3.63) is 53.7 Å². The molecule has 140 valence electrons. The summed E-state index contributed by atoms with van der Waals surface area (Å²) < 4.78 is 15.8. The Bertz CT molecular complexity index is 937. The molecule has 0 fully saturated rings. The van der Waals surface area contributed by atoms with Crippen LogP contribution in [0.4, 0.5) is 23.1 Å². The summed E-state index contributed by atoms with van der Waals surface area (Å²) in [6.07, 6.45) is 1.65. The lowest BCUT2D eigenvalue weighted by molar-refractivity contribution is 0.355. The second-order valence-electron chi connectivity index (χ2n) is 5.44. The van der Waals surface area contributed by atoms with Crippen LogP contribution in [0.1, 0.15) is 0 Å². The zero-order chi connectivity index (χ0) is 19.2. The number of rotatable bonds is 7. The maximum absolute atomic E-state index is 6.24. The third kappa shape index (κ3) is 4.51. The number of ether oxygens (including phenoxy) is 3. The molecule has 27 heavy (non-hydrogen) atoms. The minimum absolute atomic E-state index is 0.409. The van der Waals surface area contributed by atoms with E-state index in [0.717, 1.165) is 11.4 Å². The number of hydrogen-bond donors (Lipinski definition) is 2. The summed E-state index contributed by atoms with van der Waals surface area (Å²) in [5, 5.41) is 6.75. The molecule has 0 aliphatic heterocycles. The van der Waals surface area contributed by atoms with Crippen LogP contribution in [0, 0.1) is 0 Å². The molecule has 2 aromatic carbocycles. The van der Waals surface area contributed by atoms with Gasteiger partial charge in [-0.1, -0.05) is 17.7 Å². The van der Waals surface area contributed by atoms with Gasteiger partial charge in [-0.3, -0.25) is 0 Å². The Morgan fingerprint density at radius 3 is 2.48 bits per heavy atom. The summed E-state index contributed by atoms with van der Waals surface area (Å²) >= 11 is 6.24. The van der Waals surface area contributed by atoms with Crippen molar-refractivity contribution in [1.82, 2.24) is 9.97 Å². The minimum atomic E-state index is 0.409. The van der Waals surface area contributed by atoms with E-state index in [1.807, 2.05) is 24.3 Å². The van der Waals surface area contributed by atoms with Gasteiger partial charge in [0, 0.05) is 29.7 Å². The first-order chi connectivity index (χ1) is 13.1. The first-order valence-corrected chi connectivity index (χ1v) is 8.43. The van der Waals surface area contributed by atoms with Crippen molar-refractivity contribution in [3.63, 3.8) is 0 Å². The molecule has 0 bridgehead atoms. The molecule has 3 rings (SSSR count). The van der Waals surface area contributed by atoms with E-state index < -0.39 is 0 Å². The Balaban J connectivity index is 1.81. The molecule has 0 atom stereocenters. The zero-order valence-corrected chi connectivity index (χ0v) is 15.9. The van der Waals surface area contributed by atoms with Crippen LogP contribution in [0.5, 0.6) is 17.2 Å². The van der Waals surface area contributed by atoms with Crippen LogP contribution in [0.3, 0.4) is 0 Å². The highest BCUT2D eigenvalue weighted by Gasteiger charge is 2.12. The number of halogens is 1. The smallest absolute Gasteiger partial charge is 0.229 e. The minimum Gasteiger partial charge on any atom is -0.497 e. The molecule has 7 nitrogen and oxygen atoms in total. The molecular formula is C19H19ClN4O3. The van der Waals surface area contributed by atoms with Crippen LogP contribution >= 0.6 is 11.6 Å². The molecule has 0 saturated heterocycles. The molecule has 0 saturated carbocycles. The Kier molecular flexibility index (Phi) is 5.83. The standard InChI is InChI=1S/C19H19ClN4O3/c1-25-14-6-4-5-12(9-14)22-17-7-8-21-19(24-17)23-13-10-15(20)18(27-3)16(11-13)26-2/h4-11H,1-3H3,(H2,21,22,23,24). The molecule has 0 radical (unpaired) electrons. The molecule has 0 spiro atoms. The fourth-order valence-corrected chi connectivity index (χ4v) is 2.74. The predicted molar refractivity (Wildman–Crippen MR) is 106 cm³/mol. The van der Waals surface area contributed by atoms with Crippen LogP contribution in [0.25, 0.3) is 0 Å². The lowest BCUT2D eigenvalue weighted by atomic mass is 10.2. The van der Waals surface area contributed by atoms with E-state index in [-0.39, 0.29) is 0 Å². The highest BCUT2D eigenvalue weighted by molar-refractivity contribution is 6.32. The fraction of sp³-hybridized carbons (Fsp3) is 0.158. The molecule has 1 aromatic heterocycles. The first kappa shape index (κ1) is 18.6. The van der Waals surface area contributed by atoms with Gasteiger partial charge in [0.1, 0.15) is 11.6 Å². The second-order valence-corrected chi connectivity index (χ2v) is 5.85. The van der Waals surface area contributed by atoms with Crippen molar-refractivity contribution >= 4 is 34.7 Å². The van der Waals surface area contributed by atoms with E-state index in [4.69, 9.17) is 25.8 Å². The van der Waals surface area contributed by atoms with E-state index >= 15 is 0 Å². The van der Waals surface area contributed by atoms with Gasteiger partial charge in [-0.25, -0.2) is 4.98 Å². The van der Waals surface area contributed by atoms with Gasteiger partial charge in [0.2, 0.25) is 5.95 Å². The summed E-state index contributed by atoms with van der Waals surface area (Å²) in [7, 11) is 4.71. The number of benzene rings is 2. The van der Waals surface area contributed by atoms with Gasteiger partial charge in [-0.05, 0) is 24.3 Å². The molecule has 3 aromatic rings. The lowest BCUT2D eigenvalue weighted by Crippen LogP contribution is -2.01. The number of methoxy groups -OCH3 is 3. The molecule has 8 heteroatoms. The van der Waals surface area contributed by atoms with Gasteiger partial charge >= 0.3 is 0 Å². The summed E-state index contributed by atoms with van der Waals surface area (Å²) in [5.41, 5.74) is 1.53. The molecule has 2 N–H and O–H groups in total. The maximum atomic E-state index is 6.24. The highest BCUT2D eigenvalue weighted by Crippen LogP contribution is 2.38. The van der Waals surface area contributed by atoms with Gasteiger partial charge in [-0.15, -0.1) is 0 Å². The monoisotopic (exact) mass is 386 g/mol. The zero-order valence-electron chi connectivity index (χ0n) is 15.1. The van der Waals surface area contributed by atoms with E-state index in [9.17, 15) is 0 Å². The van der Waals surface area contributed by atoms with Crippen LogP contribution in [-0.4, -0.2) is 31.3 Å². The van der Waals surface area contributed by atoms with E-state index in [1.165, 1.54) is 7.11 Å². The molecule has 1 heterocycles. The first-order valence-electron chi connectivity index (χ1n) is 8.05. The van der Waals surface area contributed by atoms with Crippen LogP contribution in [-0.2, 0) is 0 Å². The maximum Gasteiger partial charge on any atom is 0.229 e. The average Bonchev–Trinajstić information content (AvgIpc) is 2.68. The van der Waals surface area contributed by atoms with E-state index in [0.29, 0.717) is 34.0 Å². The Hall–Kier alpha value is -3.19. The second kappa shape index (κ2) is 8.46. The third-order valence-corrected chi connectivity index (χ3v) is 3.97. The largest absolute Gasteiger partial charge is 0.497 e. The molecule has 0 amide bonds. The van der Waals surface area contributed by atoms with Gasteiger partial charge in [-0.2, -0.15) is 4.98 Å².